The van der Waals surface area contributed by atoms with Crippen molar-refractivity contribution in [2.45, 2.75) is 72.4 Å². The smallest absolute Gasteiger partial charge is 0.0641 e. The maximum Gasteiger partial charge on any atom is 0.0641 e. The third kappa shape index (κ3) is 3.38. The van der Waals surface area contributed by atoms with Crippen molar-refractivity contribution < 1.29 is 0 Å². The molecule has 1 heterocycles. The first kappa shape index (κ1) is 14.6. The summed E-state index contributed by atoms with van der Waals surface area (Å²) in [6.45, 7) is 11.0. The predicted octanol–water partition coefficient (Wildman–Crippen LogP) is 3.75. The first-order valence-corrected chi connectivity index (χ1v) is 7.88. The summed E-state index contributed by atoms with van der Waals surface area (Å²) in [4.78, 5) is 0. The standard InChI is InChI=1S/C16H29N3/c1-5-10-17-11-16-13(3)18-19(14(16)4)15-8-6-12(2)7-9-15/h12,15,17H,5-11H2,1-4H3. The van der Waals surface area contributed by atoms with Gasteiger partial charge >= 0.3 is 0 Å². The van der Waals surface area contributed by atoms with Crippen LogP contribution in [-0.2, 0) is 6.54 Å². The second kappa shape index (κ2) is 6.56. The molecule has 0 atom stereocenters. The molecule has 0 amide bonds. The summed E-state index contributed by atoms with van der Waals surface area (Å²) < 4.78 is 2.31. The van der Waals surface area contributed by atoms with E-state index in [-0.39, 0.29) is 0 Å². The minimum absolute atomic E-state index is 0.634. The molecule has 0 unspecified atom stereocenters. The third-order valence-corrected chi connectivity index (χ3v) is 4.53. The zero-order valence-corrected chi connectivity index (χ0v) is 13.0. The van der Waals surface area contributed by atoms with Crippen LogP contribution in [0, 0.1) is 19.8 Å². The minimum atomic E-state index is 0.634. The lowest BCUT2D eigenvalue weighted by molar-refractivity contribution is 0.270. The van der Waals surface area contributed by atoms with Crippen LogP contribution in [0.4, 0.5) is 0 Å². The van der Waals surface area contributed by atoms with E-state index >= 15 is 0 Å². The van der Waals surface area contributed by atoms with Gasteiger partial charge in [-0.05, 0) is 58.4 Å². The Morgan fingerprint density at radius 3 is 2.53 bits per heavy atom. The van der Waals surface area contributed by atoms with Gasteiger partial charge in [-0.25, -0.2) is 0 Å². The van der Waals surface area contributed by atoms with E-state index in [9.17, 15) is 0 Å². The molecule has 1 N–H and O–H groups in total. The van der Waals surface area contributed by atoms with E-state index in [0.717, 1.165) is 19.0 Å². The van der Waals surface area contributed by atoms with E-state index < -0.39 is 0 Å². The molecule has 1 saturated carbocycles. The number of nitrogens with one attached hydrogen (secondary N) is 1. The lowest BCUT2D eigenvalue weighted by atomic mass is 9.87. The van der Waals surface area contributed by atoms with Crippen molar-refractivity contribution >= 4 is 0 Å². The second-order valence-corrected chi connectivity index (χ2v) is 6.18. The first-order chi connectivity index (χ1) is 9.13. The minimum Gasteiger partial charge on any atom is -0.313 e. The van der Waals surface area contributed by atoms with E-state index in [2.05, 4.69) is 37.7 Å². The van der Waals surface area contributed by atoms with E-state index in [0.29, 0.717) is 6.04 Å². The molecule has 1 fully saturated rings. The number of aromatic nitrogens is 2. The van der Waals surface area contributed by atoms with E-state index in [1.54, 1.807) is 0 Å². The second-order valence-electron chi connectivity index (χ2n) is 6.18. The summed E-state index contributed by atoms with van der Waals surface area (Å²) >= 11 is 0. The number of hydrogen-bond donors (Lipinski definition) is 1. The van der Waals surface area contributed by atoms with Crippen molar-refractivity contribution in [3.63, 3.8) is 0 Å². The highest BCUT2D eigenvalue weighted by molar-refractivity contribution is 5.24. The summed E-state index contributed by atoms with van der Waals surface area (Å²) in [6.07, 6.45) is 6.49. The summed E-state index contributed by atoms with van der Waals surface area (Å²) in [7, 11) is 0. The Hall–Kier alpha value is -0.830. The van der Waals surface area contributed by atoms with Gasteiger partial charge in [0, 0.05) is 17.8 Å². The Morgan fingerprint density at radius 2 is 1.89 bits per heavy atom. The summed E-state index contributed by atoms with van der Waals surface area (Å²) in [5, 5.41) is 8.32. The first-order valence-electron chi connectivity index (χ1n) is 7.88. The van der Waals surface area contributed by atoms with Gasteiger partial charge in [0.15, 0.2) is 0 Å². The quantitative estimate of drug-likeness (QED) is 0.820. The largest absolute Gasteiger partial charge is 0.313 e. The van der Waals surface area contributed by atoms with Crippen LogP contribution in [0.2, 0.25) is 0 Å². The molecule has 3 nitrogen and oxygen atoms in total. The maximum absolute atomic E-state index is 4.81. The van der Waals surface area contributed by atoms with Gasteiger partial charge < -0.3 is 5.32 Å². The normalized spacial score (nSPS) is 23.8. The number of rotatable bonds is 5. The van der Waals surface area contributed by atoms with E-state index in [1.807, 2.05) is 0 Å². The maximum atomic E-state index is 4.81. The lowest BCUT2D eigenvalue weighted by Crippen LogP contribution is -2.19. The number of hydrogen-bond acceptors (Lipinski definition) is 2. The average molecular weight is 263 g/mol. The van der Waals surface area contributed by atoms with Gasteiger partial charge in [-0.2, -0.15) is 5.10 Å². The lowest BCUT2D eigenvalue weighted by Gasteiger charge is -2.27. The highest BCUT2D eigenvalue weighted by atomic mass is 15.3. The van der Waals surface area contributed by atoms with Crippen LogP contribution in [0.3, 0.4) is 0 Å². The van der Waals surface area contributed by atoms with Crippen LogP contribution in [0.1, 0.15) is 68.9 Å². The van der Waals surface area contributed by atoms with Gasteiger partial charge in [-0.3, -0.25) is 4.68 Å². The molecule has 0 radical (unpaired) electrons. The molecule has 1 aromatic rings. The molecule has 108 valence electrons. The molecular formula is C16H29N3. The van der Waals surface area contributed by atoms with Gasteiger partial charge in [0.05, 0.1) is 11.7 Å². The summed E-state index contributed by atoms with van der Waals surface area (Å²) in [6, 6.07) is 0.634. The van der Waals surface area contributed by atoms with Crippen molar-refractivity contribution in [2.24, 2.45) is 5.92 Å². The van der Waals surface area contributed by atoms with Crippen LogP contribution in [0.5, 0.6) is 0 Å². The third-order valence-electron chi connectivity index (χ3n) is 4.53. The zero-order chi connectivity index (χ0) is 13.8. The Kier molecular flexibility index (Phi) is 5.03. The van der Waals surface area contributed by atoms with Crippen molar-refractivity contribution in [3.05, 3.63) is 17.0 Å². The Morgan fingerprint density at radius 1 is 1.21 bits per heavy atom. The van der Waals surface area contributed by atoms with Crippen LogP contribution in [-0.4, -0.2) is 16.3 Å². The molecule has 0 aliphatic heterocycles. The van der Waals surface area contributed by atoms with Crippen molar-refractivity contribution in [1.82, 2.24) is 15.1 Å². The van der Waals surface area contributed by atoms with Gasteiger partial charge in [0.2, 0.25) is 0 Å². The zero-order valence-electron chi connectivity index (χ0n) is 13.0. The molecule has 0 bridgehead atoms. The molecule has 2 rings (SSSR count). The molecule has 0 spiro atoms. The van der Waals surface area contributed by atoms with Crippen LogP contribution < -0.4 is 5.32 Å². The molecular weight excluding hydrogens is 234 g/mol. The fourth-order valence-corrected chi connectivity index (χ4v) is 3.19. The highest BCUT2D eigenvalue weighted by Gasteiger charge is 2.23. The van der Waals surface area contributed by atoms with E-state index in [1.165, 1.54) is 49.1 Å². The Labute approximate surface area is 117 Å². The molecule has 1 aliphatic carbocycles. The van der Waals surface area contributed by atoms with Crippen LogP contribution in [0.15, 0.2) is 0 Å². The van der Waals surface area contributed by atoms with E-state index in [4.69, 9.17) is 5.10 Å². The average Bonchev–Trinajstić information content (AvgIpc) is 2.68. The Balaban J connectivity index is 2.07. The van der Waals surface area contributed by atoms with Crippen LogP contribution in [0.25, 0.3) is 0 Å². The van der Waals surface area contributed by atoms with Crippen LogP contribution >= 0.6 is 0 Å². The van der Waals surface area contributed by atoms with Gasteiger partial charge in [-0.15, -0.1) is 0 Å². The monoisotopic (exact) mass is 263 g/mol. The molecule has 3 heteroatoms. The molecule has 1 aromatic heterocycles. The molecule has 0 saturated heterocycles. The van der Waals surface area contributed by atoms with Crippen molar-refractivity contribution in [1.29, 1.82) is 0 Å². The van der Waals surface area contributed by atoms with Gasteiger partial charge in [-0.1, -0.05) is 13.8 Å². The summed E-state index contributed by atoms with van der Waals surface area (Å²) in [5.41, 5.74) is 3.99. The van der Waals surface area contributed by atoms with Crippen molar-refractivity contribution in [2.75, 3.05) is 6.54 Å². The molecule has 19 heavy (non-hydrogen) atoms. The predicted molar refractivity (Wildman–Crippen MR) is 80.4 cm³/mol. The van der Waals surface area contributed by atoms with Gasteiger partial charge in [0.25, 0.3) is 0 Å². The van der Waals surface area contributed by atoms with Crippen molar-refractivity contribution in [3.8, 4) is 0 Å². The topological polar surface area (TPSA) is 29.9 Å². The SMILES string of the molecule is CCCNCc1c(C)nn(C2CCC(C)CC2)c1C. The number of aryl methyl sites for hydroxylation is 1. The molecule has 1 aliphatic rings. The highest BCUT2D eigenvalue weighted by Crippen LogP contribution is 2.33. The van der Waals surface area contributed by atoms with Gasteiger partial charge in [0.1, 0.15) is 0 Å². The molecule has 0 aromatic carbocycles. The summed E-state index contributed by atoms with van der Waals surface area (Å²) in [5.74, 6) is 0.902. The fourth-order valence-electron chi connectivity index (χ4n) is 3.19. The Bertz CT molecular complexity index is 400. The fraction of sp³-hybridized carbons (Fsp3) is 0.812. The number of nitrogens with zero attached hydrogens (tertiary/aromatic N) is 2.